The van der Waals surface area contributed by atoms with E-state index in [1.54, 1.807) is 11.7 Å². The molecule has 0 fully saturated rings. The molecule has 0 amide bonds. The van der Waals surface area contributed by atoms with Gasteiger partial charge in [-0.05, 0) is 0 Å². The molecule has 0 bridgehead atoms. The maximum atomic E-state index is 11.2. The van der Waals surface area contributed by atoms with Crippen LogP contribution in [0.15, 0.2) is 23.8 Å². The molecule has 0 atom stereocenters. The number of benzene rings is 1. The number of carboxylic acids is 1. The number of nitrogens with zero attached hydrogens (tertiary/aromatic N) is 1. The lowest BCUT2D eigenvalue weighted by Gasteiger charge is -2.09. The highest BCUT2D eigenvalue weighted by Crippen LogP contribution is 2.38. The van der Waals surface area contributed by atoms with Gasteiger partial charge in [0.15, 0.2) is 11.5 Å². The van der Waals surface area contributed by atoms with Crippen LogP contribution in [0.4, 0.5) is 0 Å². The van der Waals surface area contributed by atoms with Crippen molar-refractivity contribution in [2.75, 3.05) is 6.79 Å². The normalized spacial score (nSPS) is 12.4. The molecule has 1 N–H and O–H groups in total. The molecular formula is C12H9NO5S. The molecule has 1 aromatic carbocycles. The van der Waals surface area contributed by atoms with Gasteiger partial charge in [-0.3, -0.25) is 4.98 Å². The van der Waals surface area contributed by atoms with E-state index in [1.165, 1.54) is 23.5 Å². The lowest BCUT2D eigenvalue weighted by molar-refractivity contribution is 0.0691. The summed E-state index contributed by atoms with van der Waals surface area (Å²) >= 11 is 1.44. The maximum Gasteiger partial charge on any atom is 0.339 e. The quantitative estimate of drug-likeness (QED) is 0.924. The predicted molar refractivity (Wildman–Crippen MR) is 66.0 cm³/mol. The first kappa shape index (κ1) is 11.8. The summed E-state index contributed by atoms with van der Waals surface area (Å²) in [6.07, 6.45) is 1.68. The zero-order chi connectivity index (χ0) is 13.2. The highest BCUT2D eigenvalue weighted by molar-refractivity contribution is 7.09. The molecule has 19 heavy (non-hydrogen) atoms. The molecule has 0 saturated heterocycles. The van der Waals surface area contributed by atoms with Crippen molar-refractivity contribution in [3.05, 3.63) is 34.3 Å². The van der Waals surface area contributed by atoms with Crippen molar-refractivity contribution in [1.82, 2.24) is 4.98 Å². The van der Waals surface area contributed by atoms with Crippen LogP contribution in [0.1, 0.15) is 15.2 Å². The summed E-state index contributed by atoms with van der Waals surface area (Å²) in [5, 5.41) is 9.17. The monoisotopic (exact) mass is 279 g/mol. The third kappa shape index (κ3) is 2.32. The fraction of sp³-hybridized carbons (Fsp3) is 0.167. The second-order valence-corrected chi connectivity index (χ2v) is 4.73. The van der Waals surface area contributed by atoms with Crippen molar-refractivity contribution in [2.24, 2.45) is 0 Å². The highest BCUT2D eigenvalue weighted by Gasteiger charge is 2.21. The van der Waals surface area contributed by atoms with Crippen LogP contribution >= 0.6 is 11.3 Å². The van der Waals surface area contributed by atoms with E-state index in [0.717, 1.165) is 4.88 Å². The molecule has 6 nitrogen and oxygen atoms in total. The molecule has 7 heteroatoms. The van der Waals surface area contributed by atoms with E-state index in [1.807, 2.05) is 0 Å². The Morgan fingerprint density at radius 1 is 1.42 bits per heavy atom. The Balaban J connectivity index is 1.88. The molecule has 98 valence electrons. The van der Waals surface area contributed by atoms with Gasteiger partial charge in [0.05, 0.1) is 10.4 Å². The zero-order valence-electron chi connectivity index (χ0n) is 9.66. The van der Waals surface area contributed by atoms with Crippen LogP contribution in [0.25, 0.3) is 0 Å². The smallest absolute Gasteiger partial charge is 0.339 e. The van der Waals surface area contributed by atoms with Crippen molar-refractivity contribution in [3.8, 4) is 17.2 Å². The van der Waals surface area contributed by atoms with Crippen molar-refractivity contribution in [2.45, 2.75) is 6.61 Å². The Hall–Kier alpha value is -2.28. The van der Waals surface area contributed by atoms with Crippen LogP contribution in [0.3, 0.4) is 0 Å². The number of aromatic nitrogens is 1. The Bertz CT molecular complexity index is 611. The van der Waals surface area contributed by atoms with Crippen LogP contribution in [0, 0.1) is 0 Å². The third-order valence-electron chi connectivity index (χ3n) is 2.56. The second kappa shape index (κ2) is 4.77. The third-order valence-corrected chi connectivity index (χ3v) is 3.31. The van der Waals surface area contributed by atoms with Gasteiger partial charge in [0.1, 0.15) is 17.9 Å². The first-order valence-corrected chi connectivity index (χ1v) is 6.29. The summed E-state index contributed by atoms with van der Waals surface area (Å²) in [6, 6.07) is 2.94. The lowest BCUT2D eigenvalue weighted by Crippen LogP contribution is -2.03. The molecule has 1 aliphatic heterocycles. The summed E-state index contributed by atoms with van der Waals surface area (Å²) in [6.45, 7) is 0.358. The molecule has 0 saturated carbocycles. The second-order valence-electron chi connectivity index (χ2n) is 3.76. The average molecular weight is 279 g/mol. The highest BCUT2D eigenvalue weighted by atomic mass is 32.1. The van der Waals surface area contributed by atoms with Gasteiger partial charge in [0, 0.05) is 18.3 Å². The van der Waals surface area contributed by atoms with Crippen LogP contribution < -0.4 is 14.2 Å². The number of ether oxygens (including phenoxy) is 3. The predicted octanol–water partition coefficient (Wildman–Crippen LogP) is 2.15. The molecule has 3 rings (SSSR count). The number of aromatic carboxylic acids is 1. The van der Waals surface area contributed by atoms with Crippen LogP contribution in [0.2, 0.25) is 0 Å². The van der Waals surface area contributed by atoms with Crippen molar-refractivity contribution >= 4 is 17.3 Å². The summed E-state index contributed by atoms with van der Waals surface area (Å²) in [4.78, 5) is 16.0. The van der Waals surface area contributed by atoms with E-state index in [-0.39, 0.29) is 24.7 Å². The first-order chi connectivity index (χ1) is 9.24. The number of carbonyl (C=O) groups is 1. The fourth-order valence-electron chi connectivity index (χ4n) is 1.67. The molecule has 1 aliphatic rings. The molecule has 2 aromatic rings. The van der Waals surface area contributed by atoms with Crippen molar-refractivity contribution in [3.63, 3.8) is 0 Å². The van der Waals surface area contributed by atoms with E-state index < -0.39 is 5.97 Å². The lowest BCUT2D eigenvalue weighted by atomic mass is 10.2. The molecule has 2 heterocycles. The standard InChI is InChI=1S/C12H9NO5S/c14-12(15)8-1-10-11(18-6-17-10)2-9(8)16-4-7-3-13-5-19-7/h1-3,5H,4,6H2,(H,14,15). The van der Waals surface area contributed by atoms with Gasteiger partial charge in [-0.15, -0.1) is 11.3 Å². The van der Waals surface area contributed by atoms with E-state index in [9.17, 15) is 4.79 Å². The minimum absolute atomic E-state index is 0.0498. The topological polar surface area (TPSA) is 77.9 Å². The minimum Gasteiger partial charge on any atom is -0.487 e. The summed E-state index contributed by atoms with van der Waals surface area (Å²) in [5.74, 6) is 0.0922. The van der Waals surface area contributed by atoms with Crippen LogP contribution in [-0.4, -0.2) is 22.9 Å². The van der Waals surface area contributed by atoms with Gasteiger partial charge in [-0.1, -0.05) is 0 Å². The van der Waals surface area contributed by atoms with Gasteiger partial charge in [-0.25, -0.2) is 4.79 Å². The zero-order valence-corrected chi connectivity index (χ0v) is 10.5. The molecular weight excluding hydrogens is 270 g/mol. The van der Waals surface area contributed by atoms with E-state index in [2.05, 4.69) is 4.98 Å². The SMILES string of the molecule is O=C(O)c1cc2c(cc1OCc1cncs1)OCO2. The van der Waals surface area contributed by atoms with Crippen molar-refractivity contribution < 1.29 is 24.1 Å². The molecule has 0 aliphatic carbocycles. The Labute approximate surface area is 112 Å². The summed E-state index contributed by atoms with van der Waals surface area (Å²) in [7, 11) is 0. The van der Waals surface area contributed by atoms with E-state index in [0.29, 0.717) is 11.5 Å². The number of rotatable bonds is 4. The van der Waals surface area contributed by atoms with Crippen LogP contribution in [0.5, 0.6) is 17.2 Å². The summed E-state index contributed by atoms with van der Waals surface area (Å²) in [5.41, 5.74) is 1.74. The molecule has 0 radical (unpaired) electrons. The maximum absolute atomic E-state index is 11.2. The van der Waals surface area contributed by atoms with Gasteiger partial charge in [-0.2, -0.15) is 0 Å². The van der Waals surface area contributed by atoms with E-state index >= 15 is 0 Å². The molecule has 0 unspecified atom stereocenters. The minimum atomic E-state index is -1.07. The molecule has 0 spiro atoms. The number of thiazole rings is 1. The Kier molecular flexibility index (Phi) is 2.96. The number of fused-ring (bicyclic) bond motifs is 1. The summed E-state index contributed by atoms with van der Waals surface area (Å²) < 4.78 is 15.9. The van der Waals surface area contributed by atoms with Crippen LogP contribution in [-0.2, 0) is 6.61 Å². The van der Waals surface area contributed by atoms with Crippen molar-refractivity contribution in [1.29, 1.82) is 0 Å². The van der Waals surface area contributed by atoms with Gasteiger partial charge in [0.25, 0.3) is 0 Å². The average Bonchev–Trinajstić information content (AvgIpc) is 3.05. The van der Waals surface area contributed by atoms with Gasteiger partial charge >= 0.3 is 5.97 Å². The first-order valence-electron chi connectivity index (χ1n) is 5.41. The number of carboxylic acid groups (broad SMARTS) is 1. The Morgan fingerprint density at radius 2 is 2.21 bits per heavy atom. The fourth-order valence-corrected chi connectivity index (χ4v) is 2.18. The van der Waals surface area contributed by atoms with Gasteiger partial charge in [0.2, 0.25) is 6.79 Å². The Morgan fingerprint density at radius 3 is 2.89 bits per heavy atom. The van der Waals surface area contributed by atoms with Gasteiger partial charge < -0.3 is 19.3 Å². The largest absolute Gasteiger partial charge is 0.487 e. The number of hydrogen-bond donors (Lipinski definition) is 1. The van der Waals surface area contributed by atoms with E-state index in [4.69, 9.17) is 19.3 Å². The molecule has 1 aromatic heterocycles. The number of hydrogen-bond acceptors (Lipinski definition) is 6.